The summed E-state index contributed by atoms with van der Waals surface area (Å²) in [6, 6.07) is 7.69. The van der Waals surface area contributed by atoms with Crippen molar-refractivity contribution in [3.05, 3.63) is 29.8 Å². The summed E-state index contributed by atoms with van der Waals surface area (Å²) in [6.07, 6.45) is 3.09. The first-order chi connectivity index (χ1) is 12.6. The van der Waals surface area contributed by atoms with E-state index in [2.05, 4.69) is 4.90 Å². The minimum atomic E-state index is -0.0163. The summed E-state index contributed by atoms with van der Waals surface area (Å²) in [5.41, 5.74) is 1.02. The fourth-order valence-corrected chi connectivity index (χ4v) is 3.57. The molecule has 0 N–H and O–H groups in total. The molecule has 0 radical (unpaired) electrons. The van der Waals surface area contributed by atoms with Gasteiger partial charge in [-0.05, 0) is 44.5 Å². The van der Waals surface area contributed by atoms with Crippen LogP contribution >= 0.6 is 0 Å². The number of piperazine rings is 1. The molecule has 6 heteroatoms. The summed E-state index contributed by atoms with van der Waals surface area (Å²) in [6.45, 7) is 7.54. The van der Waals surface area contributed by atoms with Gasteiger partial charge in [-0.1, -0.05) is 18.2 Å². The molecule has 2 aliphatic rings. The highest BCUT2D eigenvalue weighted by molar-refractivity contribution is 5.79. The topological polar surface area (TPSA) is 53.1 Å². The van der Waals surface area contributed by atoms with Gasteiger partial charge in [0.05, 0.1) is 0 Å². The second-order valence-electron chi connectivity index (χ2n) is 7.11. The number of hydrogen-bond donors (Lipinski definition) is 0. The molecule has 0 saturated carbocycles. The quantitative estimate of drug-likeness (QED) is 0.773. The predicted octanol–water partition coefficient (Wildman–Crippen LogP) is 1.53. The van der Waals surface area contributed by atoms with E-state index in [9.17, 15) is 9.59 Å². The molecule has 0 spiro atoms. The maximum absolute atomic E-state index is 12.4. The summed E-state index contributed by atoms with van der Waals surface area (Å²) in [5.74, 6) is 0.939. The Bertz CT molecular complexity index is 620. The van der Waals surface area contributed by atoms with E-state index in [1.54, 1.807) is 4.90 Å². The van der Waals surface area contributed by atoms with Crippen LogP contribution < -0.4 is 4.74 Å². The number of aryl methyl sites for hydroxylation is 1. The molecule has 0 aromatic heterocycles. The van der Waals surface area contributed by atoms with Crippen molar-refractivity contribution >= 4 is 11.8 Å². The van der Waals surface area contributed by atoms with E-state index in [4.69, 9.17) is 4.74 Å². The Morgan fingerprint density at radius 1 is 0.923 bits per heavy atom. The second kappa shape index (κ2) is 9.03. The fraction of sp³-hybridized carbons (Fsp3) is 0.600. The third kappa shape index (κ3) is 4.97. The monoisotopic (exact) mass is 359 g/mol. The van der Waals surface area contributed by atoms with E-state index in [0.29, 0.717) is 32.6 Å². The van der Waals surface area contributed by atoms with E-state index in [1.807, 2.05) is 36.1 Å². The molecule has 1 aromatic rings. The van der Waals surface area contributed by atoms with Crippen molar-refractivity contribution in [2.45, 2.75) is 26.2 Å². The van der Waals surface area contributed by atoms with Gasteiger partial charge in [0.15, 0.2) is 6.61 Å². The normalized spacial score (nSPS) is 18.2. The summed E-state index contributed by atoms with van der Waals surface area (Å²) in [4.78, 5) is 30.7. The third-order valence-electron chi connectivity index (χ3n) is 5.27. The Kier molecular flexibility index (Phi) is 6.50. The van der Waals surface area contributed by atoms with Gasteiger partial charge in [-0.25, -0.2) is 0 Å². The Morgan fingerprint density at radius 3 is 2.19 bits per heavy atom. The minimum absolute atomic E-state index is 0.0163. The fourth-order valence-electron chi connectivity index (χ4n) is 3.57. The first kappa shape index (κ1) is 18.7. The van der Waals surface area contributed by atoms with Gasteiger partial charge < -0.3 is 19.4 Å². The van der Waals surface area contributed by atoms with Crippen LogP contribution in [0, 0.1) is 6.92 Å². The van der Waals surface area contributed by atoms with Gasteiger partial charge in [0.2, 0.25) is 5.91 Å². The van der Waals surface area contributed by atoms with E-state index >= 15 is 0 Å². The number of nitrogens with zero attached hydrogens (tertiary/aromatic N) is 3. The molecule has 2 saturated heterocycles. The lowest BCUT2D eigenvalue weighted by molar-refractivity contribution is -0.140. The van der Waals surface area contributed by atoms with Crippen LogP contribution in [-0.2, 0) is 9.59 Å². The second-order valence-corrected chi connectivity index (χ2v) is 7.11. The molecular formula is C20H29N3O3. The van der Waals surface area contributed by atoms with Crippen LogP contribution in [-0.4, -0.2) is 78.9 Å². The van der Waals surface area contributed by atoms with Crippen LogP contribution in [0.3, 0.4) is 0 Å². The Labute approximate surface area is 155 Å². The molecule has 0 aliphatic carbocycles. The largest absolute Gasteiger partial charge is 0.484 e. The van der Waals surface area contributed by atoms with Gasteiger partial charge in [-0.15, -0.1) is 0 Å². The maximum Gasteiger partial charge on any atom is 0.260 e. The molecule has 6 nitrogen and oxygen atoms in total. The van der Waals surface area contributed by atoms with Gasteiger partial charge >= 0.3 is 0 Å². The van der Waals surface area contributed by atoms with Gasteiger partial charge in [-0.2, -0.15) is 0 Å². The standard InChI is InChI=1S/C20H29N3O3/c1-17-6-2-3-7-18(17)26-16-20(25)23-14-12-22(13-15-23)19(24)8-11-21-9-4-5-10-21/h2-3,6-7H,4-5,8-16H2,1H3. The van der Waals surface area contributed by atoms with Crippen molar-refractivity contribution < 1.29 is 14.3 Å². The summed E-state index contributed by atoms with van der Waals surface area (Å²) >= 11 is 0. The Hall–Kier alpha value is -2.08. The zero-order chi connectivity index (χ0) is 18.4. The molecule has 2 amide bonds. The molecule has 0 bridgehead atoms. The SMILES string of the molecule is Cc1ccccc1OCC(=O)N1CCN(C(=O)CCN2CCCC2)CC1. The number of benzene rings is 1. The zero-order valence-electron chi connectivity index (χ0n) is 15.7. The van der Waals surface area contributed by atoms with E-state index in [1.165, 1.54) is 12.8 Å². The van der Waals surface area contributed by atoms with Gasteiger partial charge in [0.1, 0.15) is 5.75 Å². The smallest absolute Gasteiger partial charge is 0.260 e. The number of likely N-dealkylation sites (tertiary alicyclic amines) is 1. The summed E-state index contributed by atoms with van der Waals surface area (Å²) in [5, 5.41) is 0. The first-order valence-electron chi connectivity index (χ1n) is 9.60. The third-order valence-corrected chi connectivity index (χ3v) is 5.27. The minimum Gasteiger partial charge on any atom is -0.484 e. The van der Waals surface area contributed by atoms with Crippen LogP contribution in [0.5, 0.6) is 5.75 Å². The number of amides is 2. The van der Waals surface area contributed by atoms with Gasteiger partial charge in [0, 0.05) is 39.1 Å². The van der Waals surface area contributed by atoms with Gasteiger partial charge in [-0.3, -0.25) is 9.59 Å². The molecule has 0 unspecified atom stereocenters. The highest BCUT2D eigenvalue weighted by Gasteiger charge is 2.24. The lowest BCUT2D eigenvalue weighted by Crippen LogP contribution is -2.52. The van der Waals surface area contributed by atoms with E-state index in [0.717, 1.165) is 30.9 Å². The molecule has 2 heterocycles. The highest BCUT2D eigenvalue weighted by atomic mass is 16.5. The van der Waals surface area contributed by atoms with Crippen molar-refractivity contribution in [2.24, 2.45) is 0 Å². The Balaban J connectivity index is 1.37. The molecular weight excluding hydrogens is 330 g/mol. The van der Waals surface area contributed by atoms with Crippen molar-refractivity contribution in [1.29, 1.82) is 0 Å². The number of carbonyl (C=O) groups is 2. The number of hydrogen-bond acceptors (Lipinski definition) is 4. The lowest BCUT2D eigenvalue weighted by Gasteiger charge is -2.35. The average molecular weight is 359 g/mol. The van der Waals surface area contributed by atoms with Crippen molar-refractivity contribution in [1.82, 2.24) is 14.7 Å². The van der Waals surface area contributed by atoms with Crippen molar-refractivity contribution in [2.75, 3.05) is 52.4 Å². The van der Waals surface area contributed by atoms with E-state index < -0.39 is 0 Å². The van der Waals surface area contributed by atoms with Crippen LogP contribution in [0.4, 0.5) is 0 Å². The maximum atomic E-state index is 12.4. The molecule has 2 fully saturated rings. The highest BCUT2D eigenvalue weighted by Crippen LogP contribution is 2.16. The molecule has 2 aliphatic heterocycles. The Morgan fingerprint density at radius 2 is 1.54 bits per heavy atom. The van der Waals surface area contributed by atoms with Crippen molar-refractivity contribution in [3.8, 4) is 5.75 Å². The van der Waals surface area contributed by atoms with E-state index in [-0.39, 0.29) is 18.4 Å². The molecule has 26 heavy (non-hydrogen) atoms. The molecule has 142 valence electrons. The van der Waals surface area contributed by atoms with Crippen LogP contribution in [0.1, 0.15) is 24.8 Å². The van der Waals surface area contributed by atoms with Crippen LogP contribution in [0.25, 0.3) is 0 Å². The van der Waals surface area contributed by atoms with Gasteiger partial charge in [0.25, 0.3) is 5.91 Å². The first-order valence-corrected chi connectivity index (χ1v) is 9.60. The van der Waals surface area contributed by atoms with Crippen LogP contribution in [0.2, 0.25) is 0 Å². The number of rotatable bonds is 6. The molecule has 1 aromatic carbocycles. The predicted molar refractivity (Wildman–Crippen MR) is 100 cm³/mol. The summed E-state index contributed by atoms with van der Waals surface area (Å²) in [7, 11) is 0. The lowest BCUT2D eigenvalue weighted by atomic mass is 10.2. The number of para-hydroxylation sites is 1. The van der Waals surface area contributed by atoms with Crippen LogP contribution in [0.15, 0.2) is 24.3 Å². The molecule has 3 rings (SSSR count). The average Bonchev–Trinajstić information content (AvgIpc) is 3.19. The zero-order valence-corrected chi connectivity index (χ0v) is 15.7. The number of ether oxygens (including phenoxy) is 1. The molecule has 0 atom stereocenters. The number of carbonyl (C=O) groups excluding carboxylic acids is 2. The summed E-state index contributed by atoms with van der Waals surface area (Å²) < 4.78 is 5.64. The van der Waals surface area contributed by atoms with Crippen molar-refractivity contribution in [3.63, 3.8) is 0 Å².